The smallest absolute Gasteiger partial charge is 0.237 e. The molecule has 1 amide bonds. The average Bonchev–Trinajstić information content (AvgIpc) is 3.08. The van der Waals surface area contributed by atoms with Gasteiger partial charge in [-0.3, -0.25) is 9.69 Å². The van der Waals surface area contributed by atoms with Crippen molar-refractivity contribution in [1.29, 1.82) is 0 Å². The van der Waals surface area contributed by atoms with Crippen LogP contribution < -0.4 is 0 Å². The molecule has 0 bridgehead atoms. The van der Waals surface area contributed by atoms with Gasteiger partial charge in [-0.15, -0.1) is 0 Å². The Hall–Kier alpha value is -0.620. The number of sulfone groups is 1. The van der Waals surface area contributed by atoms with Gasteiger partial charge in [0, 0.05) is 18.1 Å². The van der Waals surface area contributed by atoms with Crippen LogP contribution in [0.25, 0.3) is 0 Å². The lowest BCUT2D eigenvalue weighted by Crippen LogP contribution is -2.51. The van der Waals surface area contributed by atoms with E-state index in [4.69, 9.17) is 0 Å². The van der Waals surface area contributed by atoms with Gasteiger partial charge >= 0.3 is 0 Å². The predicted molar refractivity (Wildman–Crippen MR) is 93.1 cm³/mol. The summed E-state index contributed by atoms with van der Waals surface area (Å²) in [6.07, 6.45) is 4.93. The quantitative estimate of drug-likeness (QED) is 0.739. The molecule has 2 fully saturated rings. The fourth-order valence-corrected chi connectivity index (χ4v) is 5.54. The summed E-state index contributed by atoms with van der Waals surface area (Å²) in [6, 6.07) is 0.457. The highest BCUT2D eigenvalue weighted by Gasteiger charge is 2.39. The lowest BCUT2D eigenvalue weighted by molar-refractivity contribution is -0.137. The normalized spacial score (nSPS) is 26.1. The van der Waals surface area contributed by atoms with Crippen LogP contribution in [0.1, 0.15) is 52.9 Å². The minimum atomic E-state index is -2.97. The Balaban J connectivity index is 2.09. The maximum atomic E-state index is 13.0. The molecule has 1 aliphatic carbocycles. The number of hydrogen-bond acceptors (Lipinski definition) is 4. The second-order valence-electron chi connectivity index (χ2n) is 7.70. The standard InChI is InChI=1S/C17H32N2O3S/c1-13(2)14(3)18(4)11-17(20)19(15-7-5-6-8-15)16-9-10-23(21,22)12-16/h13-16H,5-12H2,1-4H3/t14-,16+/m1/s1. The molecule has 0 N–H and O–H groups in total. The summed E-state index contributed by atoms with van der Waals surface area (Å²) in [5.41, 5.74) is 0. The van der Waals surface area contributed by atoms with Crippen LogP contribution in [0, 0.1) is 5.92 Å². The molecule has 6 heteroatoms. The van der Waals surface area contributed by atoms with Gasteiger partial charge in [0.2, 0.25) is 5.91 Å². The van der Waals surface area contributed by atoms with Gasteiger partial charge in [0.1, 0.15) is 0 Å². The topological polar surface area (TPSA) is 57.7 Å². The predicted octanol–water partition coefficient (Wildman–Crippen LogP) is 1.92. The van der Waals surface area contributed by atoms with Gasteiger partial charge in [0.05, 0.1) is 18.1 Å². The number of amides is 1. The number of carbonyl (C=O) groups is 1. The van der Waals surface area contributed by atoms with Crippen molar-refractivity contribution in [3.8, 4) is 0 Å². The van der Waals surface area contributed by atoms with Crippen LogP contribution in [0.3, 0.4) is 0 Å². The Morgan fingerprint density at radius 2 is 1.70 bits per heavy atom. The molecule has 1 saturated carbocycles. The van der Waals surface area contributed by atoms with E-state index in [1.165, 1.54) is 0 Å². The van der Waals surface area contributed by atoms with Crippen molar-refractivity contribution in [2.45, 2.75) is 71.0 Å². The molecule has 0 aromatic carbocycles. The van der Waals surface area contributed by atoms with Crippen molar-refractivity contribution in [3.63, 3.8) is 0 Å². The van der Waals surface area contributed by atoms with Crippen molar-refractivity contribution in [2.75, 3.05) is 25.1 Å². The molecule has 2 aliphatic rings. The third-order valence-electron chi connectivity index (χ3n) is 5.65. The average molecular weight is 345 g/mol. The highest BCUT2D eigenvalue weighted by Crippen LogP contribution is 2.29. The molecular formula is C17H32N2O3S. The largest absolute Gasteiger partial charge is 0.335 e. The first kappa shape index (κ1) is 18.7. The Kier molecular flexibility index (Phi) is 6.11. The molecule has 2 rings (SSSR count). The maximum Gasteiger partial charge on any atom is 0.237 e. The molecule has 1 heterocycles. The minimum absolute atomic E-state index is 0.106. The Bertz CT molecular complexity index is 512. The van der Waals surface area contributed by atoms with Gasteiger partial charge in [0.15, 0.2) is 9.84 Å². The summed E-state index contributed by atoms with van der Waals surface area (Å²) in [7, 11) is -0.982. The number of rotatable bonds is 6. The molecule has 0 radical (unpaired) electrons. The van der Waals surface area contributed by atoms with Gasteiger partial charge < -0.3 is 4.90 Å². The van der Waals surface area contributed by atoms with E-state index in [-0.39, 0.29) is 29.5 Å². The molecule has 1 aliphatic heterocycles. The number of hydrogen-bond donors (Lipinski definition) is 0. The molecule has 2 atom stereocenters. The summed E-state index contributed by atoms with van der Waals surface area (Å²) in [5, 5.41) is 0. The van der Waals surface area contributed by atoms with Crippen LogP contribution in [0.5, 0.6) is 0 Å². The molecular weight excluding hydrogens is 312 g/mol. The Morgan fingerprint density at radius 3 is 2.17 bits per heavy atom. The third-order valence-corrected chi connectivity index (χ3v) is 7.40. The van der Waals surface area contributed by atoms with Crippen molar-refractivity contribution >= 4 is 15.7 Å². The third kappa shape index (κ3) is 4.69. The Labute approximate surface area is 141 Å². The van der Waals surface area contributed by atoms with Crippen molar-refractivity contribution < 1.29 is 13.2 Å². The highest BCUT2D eigenvalue weighted by atomic mass is 32.2. The van der Waals surface area contributed by atoms with E-state index in [0.29, 0.717) is 24.9 Å². The Morgan fingerprint density at radius 1 is 1.09 bits per heavy atom. The molecule has 0 unspecified atom stereocenters. The van der Waals surface area contributed by atoms with Gasteiger partial charge in [-0.05, 0) is 39.2 Å². The van der Waals surface area contributed by atoms with Crippen molar-refractivity contribution in [3.05, 3.63) is 0 Å². The first-order chi connectivity index (χ1) is 10.7. The second-order valence-corrected chi connectivity index (χ2v) is 9.92. The zero-order chi connectivity index (χ0) is 17.2. The molecule has 134 valence electrons. The number of likely N-dealkylation sites (N-methyl/N-ethyl adjacent to an activating group) is 1. The van der Waals surface area contributed by atoms with Crippen LogP contribution in [0.2, 0.25) is 0 Å². The van der Waals surface area contributed by atoms with Crippen molar-refractivity contribution in [2.24, 2.45) is 5.92 Å². The van der Waals surface area contributed by atoms with E-state index in [1.54, 1.807) is 0 Å². The summed E-state index contributed by atoms with van der Waals surface area (Å²) >= 11 is 0. The van der Waals surface area contributed by atoms with Gasteiger partial charge in [-0.1, -0.05) is 26.7 Å². The number of nitrogens with zero attached hydrogens (tertiary/aromatic N) is 2. The summed E-state index contributed by atoms with van der Waals surface area (Å²) in [5.74, 6) is 0.971. The maximum absolute atomic E-state index is 13.0. The SMILES string of the molecule is CC(C)[C@@H](C)N(C)CC(=O)N(C1CCCC1)[C@H]1CCS(=O)(=O)C1. The highest BCUT2D eigenvalue weighted by molar-refractivity contribution is 7.91. The van der Waals surface area contributed by atoms with E-state index in [9.17, 15) is 13.2 Å². The van der Waals surface area contributed by atoms with Crippen LogP contribution in [-0.2, 0) is 14.6 Å². The lowest BCUT2D eigenvalue weighted by Gasteiger charge is -2.36. The number of carbonyl (C=O) groups excluding carboxylic acids is 1. The van der Waals surface area contributed by atoms with Crippen LogP contribution in [-0.4, -0.2) is 67.3 Å². The second kappa shape index (κ2) is 7.51. The monoisotopic (exact) mass is 344 g/mol. The molecule has 0 spiro atoms. The van der Waals surface area contributed by atoms with E-state index >= 15 is 0 Å². The molecule has 0 aromatic heterocycles. The summed E-state index contributed by atoms with van der Waals surface area (Å²) in [6.45, 7) is 6.83. The van der Waals surface area contributed by atoms with E-state index < -0.39 is 9.84 Å². The van der Waals surface area contributed by atoms with E-state index in [0.717, 1.165) is 25.7 Å². The molecule has 23 heavy (non-hydrogen) atoms. The zero-order valence-corrected chi connectivity index (χ0v) is 15.8. The van der Waals surface area contributed by atoms with Gasteiger partial charge in [-0.25, -0.2) is 8.42 Å². The van der Waals surface area contributed by atoms with E-state index in [1.807, 2.05) is 11.9 Å². The first-order valence-corrected chi connectivity index (χ1v) is 10.7. The molecule has 0 aromatic rings. The van der Waals surface area contributed by atoms with E-state index in [2.05, 4.69) is 25.7 Å². The van der Waals surface area contributed by atoms with Crippen molar-refractivity contribution in [1.82, 2.24) is 9.80 Å². The first-order valence-electron chi connectivity index (χ1n) is 8.93. The zero-order valence-electron chi connectivity index (χ0n) is 15.0. The van der Waals surface area contributed by atoms with Gasteiger partial charge in [-0.2, -0.15) is 0 Å². The molecule has 1 saturated heterocycles. The van der Waals surface area contributed by atoms with Crippen LogP contribution >= 0.6 is 0 Å². The summed E-state index contributed by atoms with van der Waals surface area (Å²) in [4.78, 5) is 17.0. The summed E-state index contributed by atoms with van der Waals surface area (Å²) < 4.78 is 23.7. The minimum Gasteiger partial charge on any atom is -0.335 e. The van der Waals surface area contributed by atoms with Gasteiger partial charge in [0.25, 0.3) is 0 Å². The molecule has 5 nitrogen and oxygen atoms in total. The fourth-order valence-electron chi connectivity index (χ4n) is 3.83. The lowest BCUT2D eigenvalue weighted by atomic mass is 10.0. The van der Waals surface area contributed by atoms with Crippen LogP contribution in [0.4, 0.5) is 0 Å². The fraction of sp³-hybridized carbons (Fsp3) is 0.941. The van der Waals surface area contributed by atoms with Crippen LogP contribution in [0.15, 0.2) is 0 Å².